The first kappa shape index (κ1) is 12.6. The summed E-state index contributed by atoms with van der Waals surface area (Å²) in [4.78, 5) is 28.4. The van der Waals surface area contributed by atoms with Gasteiger partial charge in [-0.05, 0) is 24.3 Å². The van der Waals surface area contributed by atoms with Crippen LogP contribution >= 0.6 is 11.3 Å². The largest absolute Gasteiger partial charge is 0.497 e. The highest BCUT2D eigenvalue weighted by Crippen LogP contribution is 2.25. The zero-order valence-electron chi connectivity index (χ0n) is 10.5. The van der Waals surface area contributed by atoms with Crippen molar-refractivity contribution in [2.45, 2.75) is 0 Å². The summed E-state index contributed by atoms with van der Waals surface area (Å²) in [6, 6.07) is 7.10. The molecule has 1 N–H and O–H groups in total. The summed E-state index contributed by atoms with van der Waals surface area (Å²) in [5.74, 6) is 0.259. The molecule has 20 heavy (non-hydrogen) atoms. The summed E-state index contributed by atoms with van der Waals surface area (Å²) in [6.07, 6.45) is 1.29. The third-order valence-electron chi connectivity index (χ3n) is 2.90. The van der Waals surface area contributed by atoms with Gasteiger partial charge in [-0.25, -0.2) is 4.98 Å². The molecule has 0 radical (unpaired) electrons. The molecule has 3 rings (SSSR count). The number of carbonyl (C=O) groups is 2. The van der Waals surface area contributed by atoms with Gasteiger partial charge in [-0.3, -0.25) is 9.59 Å². The molecular formula is C14H10N2O3S. The number of aromatic nitrogens is 1. The fourth-order valence-corrected chi connectivity index (χ4v) is 2.64. The van der Waals surface area contributed by atoms with Crippen molar-refractivity contribution in [1.82, 2.24) is 4.98 Å². The van der Waals surface area contributed by atoms with Gasteiger partial charge in [0.15, 0.2) is 0 Å². The molecule has 0 saturated carbocycles. The maximum absolute atomic E-state index is 12.2. The molecule has 0 atom stereocenters. The molecule has 1 aromatic heterocycles. The fourth-order valence-electron chi connectivity index (χ4n) is 1.89. The van der Waals surface area contributed by atoms with Gasteiger partial charge in [0.2, 0.25) is 11.6 Å². The van der Waals surface area contributed by atoms with Gasteiger partial charge < -0.3 is 10.1 Å². The molecule has 6 heteroatoms. The maximum atomic E-state index is 12.2. The summed E-state index contributed by atoms with van der Waals surface area (Å²) < 4.78 is 5.06. The van der Waals surface area contributed by atoms with E-state index < -0.39 is 0 Å². The first-order valence-electron chi connectivity index (χ1n) is 5.84. The van der Waals surface area contributed by atoms with E-state index in [9.17, 15) is 9.59 Å². The van der Waals surface area contributed by atoms with Gasteiger partial charge in [0, 0.05) is 11.8 Å². The van der Waals surface area contributed by atoms with E-state index in [1.54, 1.807) is 31.4 Å². The summed E-state index contributed by atoms with van der Waals surface area (Å²) >= 11 is 1.18. The summed E-state index contributed by atoms with van der Waals surface area (Å²) in [6.45, 7) is 0. The second kappa shape index (κ2) is 4.90. The van der Waals surface area contributed by atoms with Gasteiger partial charge in [-0.15, -0.1) is 11.3 Å². The first-order valence-corrected chi connectivity index (χ1v) is 6.72. The van der Waals surface area contributed by atoms with Crippen LogP contribution in [-0.4, -0.2) is 23.7 Å². The molecule has 100 valence electrons. The summed E-state index contributed by atoms with van der Waals surface area (Å²) in [7, 11) is 1.58. The maximum Gasteiger partial charge on any atom is 0.221 e. The number of nitrogens with one attached hydrogen (secondary N) is 1. The second-order valence-corrected chi connectivity index (χ2v) is 4.99. The Hall–Kier alpha value is -2.47. The third kappa shape index (κ3) is 2.10. The number of allylic oxidation sites excluding steroid dienone is 2. The number of Topliss-reactive ketones (excluding diaryl/α,β-unsaturated/α-hetero) is 1. The Balaban J connectivity index is 1.87. The van der Waals surface area contributed by atoms with Crippen LogP contribution < -0.4 is 10.1 Å². The van der Waals surface area contributed by atoms with Crippen LogP contribution in [0.3, 0.4) is 0 Å². The number of methoxy groups -OCH3 is 1. The lowest BCUT2D eigenvalue weighted by atomic mass is 10.0. The number of nitrogens with zero attached hydrogens (tertiary/aromatic N) is 1. The zero-order chi connectivity index (χ0) is 14.1. The molecule has 0 bridgehead atoms. The molecular weight excluding hydrogens is 276 g/mol. The standard InChI is InChI=1S/C14H10N2O3S/c1-19-9-4-2-8(3-5-9)16-10-6-11(17)12-14(13(10)18)20-7-15-12/h2-7,16H,1H3. The Morgan fingerprint density at radius 1 is 1.20 bits per heavy atom. The molecule has 0 aliphatic heterocycles. The molecule has 5 nitrogen and oxygen atoms in total. The topological polar surface area (TPSA) is 68.3 Å². The van der Waals surface area contributed by atoms with Gasteiger partial charge >= 0.3 is 0 Å². The van der Waals surface area contributed by atoms with Crippen molar-refractivity contribution in [3.05, 3.63) is 52.1 Å². The summed E-state index contributed by atoms with van der Waals surface area (Å²) in [5.41, 5.74) is 2.72. The molecule has 1 aliphatic carbocycles. The van der Waals surface area contributed by atoms with Crippen LogP contribution in [0.1, 0.15) is 20.2 Å². The number of carbonyl (C=O) groups excluding carboxylic acids is 2. The minimum absolute atomic E-state index is 0.210. The molecule has 0 spiro atoms. The highest BCUT2D eigenvalue weighted by atomic mass is 32.1. The normalized spacial score (nSPS) is 13.8. The third-order valence-corrected chi connectivity index (χ3v) is 3.72. The van der Waals surface area contributed by atoms with Gasteiger partial charge in [0.1, 0.15) is 16.3 Å². The van der Waals surface area contributed by atoms with Crippen molar-refractivity contribution in [3.8, 4) is 5.75 Å². The number of hydrogen-bond donors (Lipinski definition) is 1. The van der Waals surface area contributed by atoms with E-state index in [-0.39, 0.29) is 23.0 Å². The van der Waals surface area contributed by atoms with E-state index >= 15 is 0 Å². The fraction of sp³-hybridized carbons (Fsp3) is 0.0714. The van der Waals surface area contributed by atoms with Crippen molar-refractivity contribution < 1.29 is 14.3 Å². The number of fused-ring (bicyclic) bond motifs is 1. The minimum Gasteiger partial charge on any atom is -0.497 e. The van der Waals surface area contributed by atoms with Crippen molar-refractivity contribution in [3.63, 3.8) is 0 Å². The molecule has 0 saturated heterocycles. The van der Waals surface area contributed by atoms with Crippen molar-refractivity contribution in [2.75, 3.05) is 12.4 Å². The van der Waals surface area contributed by atoms with Crippen LogP contribution in [0.5, 0.6) is 5.75 Å². The van der Waals surface area contributed by atoms with E-state index in [0.29, 0.717) is 10.6 Å². The lowest BCUT2D eigenvalue weighted by Gasteiger charge is -2.13. The van der Waals surface area contributed by atoms with Crippen LogP contribution in [0, 0.1) is 0 Å². The van der Waals surface area contributed by atoms with Crippen LogP contribution in [0.2, 0.25) is 0 Å². The molecule has 1 aliphatic rings. The number of rotatable bonds is 3. The molecule has 1 aromatic carbocycles. The lowest BCUT2D eigenvalue weighted by Crippen LogP contribution is -2.20. The Bertz CT molecular complexity index is 716. The molecule has 2 aromatic rings. The molecule has 0 unspecified atom stereocenters. The Morgan fingerprint density at radius 3 is 2.65 bits per heavy atom. The quantitative estimate of drug-likeness (QED) is 0.939. The predicted molar refractivity (Wildman–Crippen MR) is 75.5 cm³/mol. The van der Waals surface area contributed by atoms with E-state index in [0.717, 1.165) is 5.75 Å². The number of ether oxygens (including phenoxy) is 1. The van der Waals surface area contributed by atoms with Gasteiger partial charge in [-0.2, -0.15) is 0 Å². The molecule has 0 amide bonds. The predicted octanol–water partition coefficient (Wildman–Crippen LogP) is 2.53. The van der Waals surface area contributed by atoms with Crippen molar-refractivity contribution in [2.24, 2.45) is 0 Å². The van der Waals surface area contributed by atoms with Crippen molar-refractivity contribution in [1.29, 1.82) is 0 Å². The van der Waals surface area contributed by atoms with E-state index in [2.05, 4.69) is 10.3 Å². The van der Waals surface area contributed by atoms with E-state index in [4.69, 9.17) is 4.74 Å². The average molecular weight is 286 g/mol. The van der Waals surface area contributed by atoms with Gasteiger partial charge in [0.05, 0.1) is 18.3 Å². The number of thiazole rings is 1. The van der Waals surface area contributed by atoms with Crippen LogP contribution in [0.25, 0.3) is 0 Å². The second-order valence-electron chi connectivity index (χ2n) is 4.13. The molecule has 1 heterocycles. The van der Waals surface area contributed by atoms with Crippen LogP contribution in [0.4, 0.5) is 5.69 Å². The Labute approximate surface area is 118 Å². The van der Waals surface area contributed by atoms with Crippen LogP contribution in [-0.2, 0) is 0 Å². The number of anilines is 1. The average Bonchev–Trinajstić information content (AvgIpc) is 2.95. The number of hydrogen-bond acceptors (Lipinski definition) is 6. The zero-order valence-corrected chi connectivity index (χ0v) is 11.4. The van der Waals surface area contributed by atoms with Crippen LogP contribution in [0.15, 0.2) is 41.5 Å². The number of ketones is 2. The van der Waals surface area contributed by atoms with Gasteiger partial charge in [-0.1, -0.05) is 0 Å². The Kier molecular flexibility index (Phi) is 3.08. The Morgan fingerprint density at radius 2 is 1.95 bits per heavy atom. The molecule has 0 fully saturated rings. The minimum atomic E-state index is -0.253. The smallest absolute Gasteiger partial charge is 0.221 e. The monoisotopic (exact) mass is 286 g/mol. The van der Waals surface area contributed by atoms with E-state index in [1.807, 2.05) is 0 Å². The number of benzene rings is 1. The first-order chi connectivity index (χ1) is 9.69. The highest BCUT2D eigenvalue weighted by molar-refractivity contribution is 7.12. The highest BCUT2D eigenvalue weighted by Gasteiger charge is 2.28. The van der Waals surface area contributed by atoms with Gasteiger partial charge in [0.25, 0.3) is 0 Å². The van der Waals surface area contributed by atoms with Crippen molar-refractivity contribution >= 4 is 28.6 Å². The SMILES string of the molecule is COc1ccc(NC2=CC(=O)c3ncsc3C2=O)cc1. The summed E-state index contributed by atoms with van der Waals surface area (Å²) in [5, 5.41) is 2.96. The lowest BCUT2D eigenvalue weighted by molar-refractivity contribution is 0.0986. The van der Waals surface area contributed by atoms with E-state index in [1.165, 1.54) is 22.9 Å².